The SMILES string of the molecule is CC[C@H](C)[C@H](NC(=O)[C@H](CCCCN)NC(=O)[C@@H](NC(=O)[C@H](CCCCN)NC(=O)[C@@H](NC(=O)[C@H](CCCCN)NC(=O)[C@H](C)N)[C@@H](C)CC)[C@@H](C)CC)C(=O)N[C@@H](CCCCN)C(N)=O. The van der Waals surface area contributed by atoms with Crippen molar-refractivity contribution in [3.63, 3.8) is 0 Å². The summed E-state index contributed by atoms with van der Waals surface area (Å²) < 4.78 is 0. The fourth-order valence-corrected chi connectivity index (χ4v) is 7.02. The maximum Gasteiger partial charge on any atom is 0.243 e. The smallest absolute Gasteiger partial charge is 0.243 e. The van der Waals surface area contributed by atoms with Crippen LogP contribution in [0, 0.1) is 17.8 Å². The molecular formula is C45H89N13O8. The van der Waals surface area contributed by atoms with Crippen molar-refractivity contribution in [1.29, 1.82) is 0 Å². The van der Waals surface area contributed by atoms with Gasteiger partial charge < -0.3 is 71.6 Å². The third kappa shape index (κ3) is 23.3. The Bertz CT molecular complexity index is 1490. The fraction of sp³-hybridized carbons (Fsp3) is 0.822. The van der Waals surface area contributed by atoms with Gasteiger partial charge >= 0.3 is 0 Å². The van der Waals surface area contributed by atoms with Gasteiger partial charge in [0.15, 0.2) is 0 Å². The second-order valence-corrected chi connectivity index (χ2v) is 17.7. The van der Waals surface area contributed by atoms with Crippen LogP contribution in [0.15, 0.2) is 0 Å². The average Bonchev–Trinajstić information content (AvgIpc) is 3.28. The molecule has 0 bridgehead atoms. The Hall–Kier alpha value is -4.44. The van der Waals surface area contributed by atoms with Crippen molar-refractivity contribution in [2.24, 2.45) is 52.2 Å². The number of hydrogen-bond donors (Lipinski definition) is 13. The first-order valence-corrected chi connectivity index (χ1v) is 24.3. The number of nitrogens with one attached hydrogen (secondary N) is 7. The Balaban J connectivity index is 6.64. The normalized spacial score (nSPS) is 16.3. The topological polar surface area (TPSA) is 377 Å². The van der Waals surface area contributed by atoms with E-state index >= 15 is 0 Å². The number of unbranched alkanes of at least 4 members (excludes halogenated alkanes) is 4. The first-order chi connectivity index (χ1) is 31.3. The monoisotopic (exact) mass is 940 g/mol. The minimum atomic E-state index is -1.16. The number of rotatable bonds is 37. The highest BCUT2D eigenvalue weighted by Gasteiger charge is 2.37. The number of nitrogens with two attached hydrogens (primary N) is 6. The lowest BCUT2D eigenvalue weighted by Gasteiger charge is -2.31. The van der Waals surface area contributed by atoms with E-state index < -0.39 is 107 Å². The van der Waals surface area contributed by atoms with Crippen LogP contribution in [-0.4, -0.2) is 122 Å². The highest BCUT2D eigenvalue weighted by Crippen LogP contribution is 2.16. The van der Waals surface area contributed by atoms with Crippen LogP contribution in [0.2, 0.25) is 0 Å². The Morgan fingerprint density at radius 2 is 0.606 bits per heavy atom. The highest BCUT2D eigenvalue weighted by atomic mass is 16.2. The van der Waals surface area contributed by atoms with Crippen LogP contribution in [0.3, 0.4) is 0 Å². The van der Waals surface area contributed by atoms with Crippen LogP contribution >= 0.6 is 0 Å². The summed E-state index contributed by atoms with van der Waals surface area (Å²) in [5, 5.41) is 19.4. The molecule has 0 heterocycles. The van der Waals surface area contributed by atoms with Crippen LogP contribution in [0.1, 0.15) is 145 Å². The lowest BCUT2D eigenvalue weighted by Crippen LogP contribution is -2.62. The maximum absolute atomic E-state index is 14.3. The van der Waals surface area contributed by atoms with Crippen molar-refractivity contribution >= 4 is 47.3 Å². The Morgan fingerprint density at radius 1 is 0.364 bits per heavy atom. The van der Waals surface area contributed by atoms with E-state index in [4.69, 9.17) is 34.4 Å². The van der Waals surface area contributed by atoms with Crippen LogP contribution in [0.4, 0.5) is 0 Å². The third-order valence-corrected chi connectivity index (χ3v) is 12.1. The Kier molecular flexibility index (Phi) is 32.5. The van der Waals surface area contributed by atoms with Gasteiger partial charge in [0.25, 0.3) is 0 Å². The molecule has 8 amide bonds. The molecule has 21 heteroatoms. The van der Waals surface area contributed by atoms with E-state index in [1.165, 1.54) is 6.92 Å². The fourth-order valence-electron chi connectivity index (χ4n) is 7.02. The molecule has 0 aromatic carbocycles. The summed E-state index contributed by atoms with van der Waals surface area (Å²) >= 11 is 0. The first-order valence-electron chi connectivity index (χ1n) is 24.3. The summed E-state index contributed by atoms with van der Waals surface area (Å²) in [7, 11) is 0. The zero-order valence-electron chi connectivity index (χ0n) is 41.0. The third-order valence-electron chi connectivity index (χ3n) is 12.1. The molecule has 19 N–H and O–H groups in total. The number of carbonyl (C=O) groups is 8. The predicted molar refractivity (Wildman–Crippen MR) is 256 cm³/mol. The quantitative estimate of drug-likeness (QED) is 0.0328. The van der Waals surface area contributed by atoms with E-state index in [9.17, 15) is 38.4 Å². The summed E-state index contributed by atoms with van der Waals surface area (Å²) in [4.78, 5) is 109. The Labute approximate surface area is 393 Å². The molecule has 0 aliphatic carbocycles. The van der Waals surface area contributed by atoms with E-state index in [0.717, 1.165) is 0 Å². The minimum absolute atomic E-state index is 0.157. The summed E-state index contributed by atoms with van der Waals surface area (Å²) in [6, 6.07) is -8.46. The molecule has 0 saturated heterocycles. The second kappa shape index (κ2) is 34.8. The summed E-state index contributed by atoms with van der Waals surface area (Å²) in [6.45, 7) is 13.8. The van der Waals surface area contributed by atoms with E-state index in [1.807, 2.05) is 20.8 Å². The molecule has 0 aliphatic heterocycles. The van der Waals surface area contributed by atoms with Gasteiger partial charge in [-0.2, -0.15) is 0 Å². The Morgan fingerprint density at radius 3 is 0.833 bits per heavy atom. The average molecular weight is 940 g/mol. The molecule has 0 unspecified atom stereocenters. The lowest BCUT2D eigenvalue weighted by molar-refractivity contribution is -0.137. The lowest BCUT2D eigenvalue weighted by atomic mass is 9.95. The van der Waals surface area contributed by atoms with Gasteiger partial charge in [-0.25, -0.2) is 0 Å². The van der Waals surface area contributed by atoms with Gasteiger partial charge in [0.2, 0.25) is 47.3 Å². The minimum Gasteiger partial charge on any atom is -0.368 e. The second-order valence-electron chi connectivity index (χ2n) is 17.7. The molecule has 0 aromatic heterocycles. The van der Waals surface area contributed by atoms with Crippen molar-refractivity contribution < 1.29 is 38.4 Å². The van der Waals surface area contributed by atoms with Crippen molar-refractivity contribution in [3.8, 4) is 0 Å². The van der Waals surface area contributed by atoms with E-state index in [-0.39, 0.29) is 31.6 Å². The molecule has 11 atom stereocenters. The van der Waals surface area contributed by atoms with Crippen LogP contribution in [0.25, 0.3) is 0 Å². The van der Waals surface area contributed by atoms with Crippen molar-refractivity contribution in [2.75, 3.05) is 26.2 Å². The predicted octanol–water partition coefficient (Wildman–Crippen LogP) is -1.13. The molecule has 0 spiro atoms. The van der Waals surface area contributed by atoms with Crippen molar-refractivity contribution in [1.82, 2.24) is 37.2 Å². The van der Waals surface area contributed by atoms with Gasteiger partial charge in [-0.15, -0.1) is 0 Å². The number of hydrogen-bond acceptors (Lipinski definition) is 13. The molecule has 382 valence electrons. The van der Waals surface area contributed by atoms with E-state index in [0.29, 0.717) is 96.8 Å². The van der Waals surface area contributed by atoms with Gasteiger partial charge in [-0.05, 0) is 128 Å². The maximum atomic E-state index is 14.3. The summed E-state index contributed by atoms with van der Waals surface area (Å²) in [5.74, 6) is -6.24. The van der Waals surface area contributed by atoms with Crippen LogP contribution in [-0.2, 0) is 38.4 Å². The largest absolute Gasteiger partial charge is 0.368 e. The zero-order chi connectivity index (χ0) is 50.4. The molecule has 0 fully saturated rings. The van der Waals surface area contributed by atoms with Gasteiger partial charge in [-0.1, -0.05) is 60.8 Å². The first kappa shape index (κ1) is 61.6. The zero-order valence-corrected chi connectivity index (χ0v) is 41.0. The molecule has 0 radical (unpaired) electrons. The van der Waals surface area contributed by atoms with Crippen molar-refractivity contribution in [2.45, 2.75) is 193 Å². The number of primary amides is 1. The summed E-state index contributed by atoms with van der Waals surface area (Å²) in [6.07, 6.45) is 6.59. The number of amides is 8. The van der Waals surface area contributed by atoms with E-state index in [1.54, 1.807) is 20.8 Å². The molecule has 0 saturated carbocycles. The molecular weight excluding hydrogens is 851 g/mol. The molecule has 0 aromatic rings. The van der Waals surface area contributed by atoms with Gasteiger partial charge in [0, 0.05) is 0 Å². The van der Waals surface area contributed by atoms with E-state index in [2.05, 4.69) is 37.2 Å². The molecule has 0 rings (SSSR count). The van der Waals surface area contributed by atoms with Gasteiger partial charge in [0.05, 0.1) is 6.04 Å². The van der Waals surface area contributed by atoms with Crippen LogP contribution < -0.4 is 71.6 Å². The molecule has 21 nitrogen and oxygen atoms in total. The van der Waals surface area contributed by atoms with Crippen LogP contribution in [0.5, 0.6) is 0 Å². The highest BCUT2D eigenvalue weighted by molar-refractivity contribution is 5.98. The number of carbonyl (C=O) groups excluding carboxylic acids is 8. The summed E-state index contributed by atoms with van der Waals surface area (Å²) in [5.41, 5.74) is 34.2. The van der Waals surface area contributed by atoms with Crippen molar-refractivity contribution in [3.05, 3.63) is 0 Å². The molecule has 0 aliphatic rings. The van der Waals surface area contributed by atoms with Gasteiger partial charge in [0.1, 0.15) is 42.3 Å². The van der Waals surface area contributed by atoms with Gasteiger partial charge in [-0.3, -0.25) is 38.4 Å². The standard InChI is InChI=1S/C45H89N13O8/c1-8-27(4)35(43(64)52-31(38(51)59)19-11-15-23-46)56-41(62)33(21-13-17-25-48)54-45(66)37(29(6)10-3)58-42(63)34(22-14-18-26-49)55-44(65)36(28(5)9-2)57-40(61)32(20-12-16-24-47)53-39(60)30(7)50/h27-37H,8-26,46-50H2,1-7H3,(H2,51,59)(H,52,64)(H,53,60)(H,54,66)(H,55,65)(H,56,62)(H,57,61)(H,58,63)/t27-,28-,29-,30-,31-,32-,33-,34-,35-,36-,37-/m0/s1. The molecule has 66 heavy (non-hydrogen) atoms.